The predicted octanol–water partition coefficient (Wildman–Crippen LogP) is 1.58. The van der Waals surface area contributed by atoms with E-state index in [2.05, 4.69) is 16.9 Å². The fraction of sp³-hybridized carbons (Fsp3) is 0.692. The maximum Gasteiger partial charge on any atom is 0.238 e. The van der Waals surface area contributed by atoms with Gasteiger partial charge in [0.25, 0.3) is 0 Å². The van der Waals surface area contributed by atoms with Crippen molar-refractivity contribution in [3.8, 4) is 5.88 Å². The molecule has 0 aliphatic carbocycles. The van der Waals surface area contributed by atoms with E-state index in [0.29, 0.717) is 11.6 Å². The van der Waals surface area contributed by atoms with Crippen LogP contribution in [0.1, 0.15) is 32.6 Å². The van der Waals surface area contributed by atoms with Gasteiger partial charge in [-0.05, 0) is 19.8 Å². The molecule has 5 unspecified atom stereocenters. The highest BCUT2D eigenvalue weighted by atomic mass is 16.5. The zero-order valence-corrected chi connectivity index (χ0v) is 11.2. The number of hydrogen-bond donors (Lipinski definition) is 1. The minimum atomic E-state index is -0.719. The molecule has 1 aliphatic rings. The molecule has 0 saturated carbocycles. The van der Waals surface area contributed by atoms with Crippen LogP contribution in [0.4, 0.5) is 0 Å². The standard InChI is InChI=1S/C13H20N2O3/c1-7-8(2)18-9(3)10(7)12(16)11-13(17-4)15-6-5-14-11/h5-10,12,16H,1-4H3. The van der Waals surface area contributed by atoms with Crippen molar-refractivity contribution in [2.24, 2.45) is 11.8 Å². The number of methoxy groups -OCH3 is 1. The summed E-state index contributed by atoms with van der Waals surface area (Å²) in [6.45, 7) is 6.10. The fourth-order valence-electron chi connectivity index (χ4n) is 2.72. The molecule has 2 heterocycles. The van der Waals surface area contributed by atoms with E-state index in [0.717, 1.165) is 0 Å². The van der Waals surface area contributed by atoms with Gasteiger partial charge in [0, 0.05) is 18.3 Å². The van der Waals surface area contributed by atoms with Gasteiger partial charge in [-0.15, -0.1) is 0 Å². The van der Waals surface area contributed by atoms with Crippen LogP contribution in [0, 0.1) is 11.8 Å². The van der Waals surface area contributed by atoms with Crippen LogP contribution in [0.3, 0.4) is 0 Å². The second-order valence-corrected chi connectivity index (χ2v) is 4.88. The molecule has 0 spiro atoms. The van der Waals surface area contributed by atoms with Crippen LogP contribution in [-0.2, 0) is 4.74 Å². The number of rotatable bonds is 3. The third-order valence-electron chi connectivity index (χ3n) is 3.85. The quantitative estimate of drug-likeness (QED) is 0.884. The Morgan fingerprint density at radius 3 is 2.44 bits per heavy atom. The average Bonchev–Trinajstić information content (AvgIpc) is 2.62. The Bertz CT molecular complexity index is 413. The number of aliphatic hydroxyl groups is 1. The number of aliphatic hydroxyl groups excluding tert-OH is 1. The van der Waals surface area contributed by atoms with Gasteiger partial charge < -0.3 is 14.6 Å². The lowest BCUT2D eigenvalue weighted by Gasteiger charge is -2.24. The Morgan fingerprint density at radius 2 is 1.89 bits per heavy atom. The van der Waals surface area contributed by atoms with Crippen molar-refractivity contribution in [1.29, 1.82) is 0 Å². The SMILES string of the molecule is COc1nccnc1C(O)C1C(C)OC(C)C1C. The average molecular weight is 252 g/mol. The molecule has 5 nitrogen and oxygen atoms in total. The minimum Gasteiger partial charge on any atom is -0.480 e. The lowest BCUT2D eigenvalue weighted by Crippen LogP contribution is -2.26. The van der Waals surface area contributed by atoms with E-state index < -0.39 is 6.10 Å². The topological polar surface area (TPSA) is 64.5 Å². The molecule has 5 atom stereocenters. The minimum absolute atomic E-state index is 0.00304. The third-order valence-corrected chi connectivity index (χ3v) is 3.85. The van der Waals surface area contributed by atoms with Crippen molar-refractivity contribution in [2.45, 2.75) is 39.1 Å². The van der Waals surface area contributed by atoms with Gasteiger partial charge in [0.2, 0.25) is 5.88 Å². The van der Waals surface area contributed by atoms with E-state index in [1.165, 1.54) is 7.11 Å². The highest BCUT2D eigenvalue weighted by Gasteiger charge is 2.43. The molecule has 1 aliphatic heterocycles. The Hall–Kier alpha value is -1.20. The number of aromatic nitrogens is 2. The molecule has 0 aromatic carbocycles. The third kappa shape index (κ3) is 2.20. The van der Waals surface area contributed by atoms with E-state index in [9.17, 15) is 5.11 Å². The molecule has 1 saturated heterocycles. The maximum absolute atomic E-state index is 10.5. The fourth-order valence-corrected chi connectivity index (χ4v) is 2.72. The molecule has 18 heavy (non-hydrogen) atoms. The summed E-state index contributed by atoms with van der Waals surface area (Å²) in [6, 6.07) is 0. The molecular formula is C13H20N2O3. The summed E-state index contributed by atoms with van der Waals surface area (Å²) >= 11 is 0. The number of nitrogens with zero attached hydrogens (tertiary/aromatic N) is 2. The van der Waals surface area contributed by atoms with E-state index in [-0.39, 0.29) is 24.0 Å². The second-order valence-electron chi connectivity index (χ2n) is 4.88. The second kappa shape index (κ2) is 5.20. The van der Waals surface area contributed by atoms with Gasteiger partial charge in [-0.25, -0.2) is 4.98 Å². The molecular weight excluding hydrogens is 232 g/mol. The summed E-state index contributed by atoms with van der Waals surface area (Å²) in [5, 5.41) is 10.5. The molecule has 1 aromatic rings. The van der Waals surface area contributed by atoms with Crippen LogP contribution >= 0.6 is 0 Å². The summed E-state index contributed by atoms with van der Waals surface area (Å²) in [7, 11) is 1.53. The smallest absolute Gasteiger partial charge is 0.238 e. The van der Waals surface area contributed by atoms with Gasteiger partial charge >= 0.3 is 0 Å². The molecule has 2 rings (SSSR count). The summed E-state index contributed by atoms with van der Waals surface area (Å²) < 4.78 is 10.9. The van der Waals surface area contributed by atoms with Gasteiger partial charge in [0.05, 0.1) is 19.3 Å². The zero-order chi connectivity index (χ0) is 13.3. The first-order valence-corrected chi connectivity index (χ1v) is 6.24. The van der Waals surface area contributed by atoms with Crippen LogP contribution in [-0.4, -0.2) is 34.4 Å². The van der Waals surface area contributed by atoms with Crippen molar-refractivity contribution < 1.29 is 14.6 Å². The van der Waals surface area contributed by atoms with E-state index in [4.69, 9.17) is 9.47 Å². The zero-order valence-electron chi connectivity index (χ0n) is 11.2. The van der Waals surface area contributed by atoms with Crippen LogP contribution in [0.15, 0.2) is 12.4 Å². The summed E-state index contributed by atoms with van der Waals surface area (Å²) in [6.07, 6.45) is 2.54. The molecule has 0 radical (unpaired) electrons. The van der Waals surface area contributed by atoms with Crippen LogP contribution in [0.2, 0.25) is 0 Å². The van der Waals surface area contributed by atoms with Crippen molar-refractivity contribution in [1.82, 2.24) is 9.97 Å². The van der Waals surface area contributed by atoms with E-state index in [1.54, 1.807) is 12.4 Å². The first-order valence-electron chi connectivity index (χ1n) is 6.24. The summed E-state index contributed by atoms with van der Waals surface area (Å²) in [5.74, 6) is 0.649. The van der Waals surface area contributed by atoms with Gasteiger partial charge in [0.1, 0.15) is 11.8 Å². The molecule has 1 aromatic heterocycles. The molecule has 0 bridgehead atoms. The van der Waals surface area contributed by atoms with Gasteiger partial charge in [0.15, 0.2) is 0 Å². The van der Waals surface area contributed by atoms with Crippen LogP contribution in [0.25, 0.3) is 0 Å². The monoisotopic (exact) mass is 252 g/mol. The van der Waals surface area contributed by atoms with Crippen molar-refractivity contribution >= 4 is 0 Å². The highest BCUT2D eigenvalue weighted by molar-refractivity contribution is 5.21. The van der Waals surface area contributed by atoms with Crippen LogP contribution in [0.5, 0.6) is 5.88 Å². The Morgan fingerprint density at radius 1 is 1.22 bits per heavy atom. The predicted molar refractivity (Wildman–Crippen MR) is 66.2 cm³/mol. The molecule has 1 N–H and O–H groups in total. The Kier molecular flexibility index (Phi) is 3.82. The Labute approximate surface area is 107 Å². The molecule has 5 heteroatoms. The highest BCUT2D eigenvalue weighted by Crippen LogP contribution is 2.41. The lowest BCUT2D eigenvalue weighted by atomic mass is 9.84. The van der Waals surface area contributed by atoms with Crippen molar-refractivity contribution in [2.75, 3.05) is 7.11 Å². The van der Waals surface area contributed by atoms with E-state index >= 15 is 0 Å². The number of ether oxygens (including phenoxy) is 2. The van der Waals surface area contributed by atoms with Gasteiger partial charge in [-0.2, -0.15) is 0 Å². The Balaban J connectivity index is 2.28. The first-order chi connectivity index (χ1) is 8.56. The lowest BCUT2D eigenvalue weighted by molar-refractivity contribution is 0.0207. The summed E-state index contributed by atoms with van der Waals surface area (Å²) in [5.41, 5.74) is 0.487. The molecule has 0 amide bonds. The first kappa shape index (κ1) is 13.2. The van der Waals surface area contributed by atoms with E-state index in [1.807, 2.05) is 13.8 Å². The largest absolute Gasteiger partial charge is 0.480 e. The number of hydrogen-bond acceptors (Lipinski definition) is 5. The summed E-state index contributed by atoms with van der Waals surface area (Å²) in [4.78, 5) is 8.27. The van der Waals surface area contributed by atoms with Gasteiger partial charge in [-0.3, -0.25) is 4.98 Å². The van der Waals surface area contributed by atoms with Crippen molar-refractivity contribution in [3.05, 3.63) is 18.1 Å². The normalized spacial score (nSPS) is 33.4. The van der Waals surface area contributed by atoms with Crippen LogP contribution < -0.4 is 4.74 Å². The molecule has 100 valence electrons. The van der Waals surface area contributed by atoms with Gasteiger partial charge in [-0.1, -0.05) is 6.92 Å². The maximum atomic E-state index is 10.5. The van der Waals surface area contributed by atoms with Crippen molar-refractivity contribution in [3.63, 3.8) is 0 Å². The molecule has 1 fully saturated rings.